The van der Waals surface area contributed by atoms with Crippen LogP contribution in [-0.2, 0) is 28.6 Å². The topological polar surface area (TPSA) is 78.9 Å². The third kappa shape index (κ3) is 49.4. The van der Waals surface area contributed by atoms with E-state index in [0.29, 0.717) is 19.3 Å². The van der Waals surface area contributed by atoms with Gasteiger partial charge in [0, 0.05) is 19.3 Å². The lowest BCUT2D eigenvalue weighted by molar-refractivity contribution is -0.167. The molecular weight excluding hydrogens is 769 g/mol. The van der Waals surface area contributed by atoms with Crippen molar-refractivity contribution in [2.24, 2.45) is 11.8 Å². The van der Waals surface area contributed by atoms with Crippen molar-refractivity contribution < 1.29 is 28.6 Å². The molecule has 62 heavy (non-hydrogen) atoms. The van der Waals surface area contributed by atoms with Gasteiger partial charge >= 0.3 is 17.9 Å². The van der Waals surface area contributed by atoms with Gasteiger partial charge in [0.1, 0.15) is 13.2 Å². The van der Waals surface area contributed by atoms with E-state index < -0.39 is 6.10 Å². The number of esters is 3. The van der Waals surface area contributed by atoms with E-state index in [4.69, 9.17) is 14.2 Å². The molecule has 0 aliphatic heterocycles. The molecule has 0 aromatic heterocycles. The van der Waals surface area contributed by atoms with Crippen LogP contribution in [0, 0.1) is 11.8 Å². The molecule has 0 aromatic carbocycles. The van der Waals surface area contributed by atoms with E-state index in [1.165, 1.54) is 199 Å². The number of hydrogen-bond donors (Lipinski definition) is 0. The first kappa shape index (κ1) is 60.4. The Morgan fingerprint density at radius 1 is 0.306 bits per heavy atom. The Morgan fingerprint density at radius 2 is 0.532 bits per heavy atom. The summed E-state index contributed by atoms with van der Waals surface area (Å²) in [5.41, 5.74) is 0. The fraction of sp³-hybridized carbons (Fsp3) is 0.946. The minimum absolute atomic E-state index is 0.0631. The molecule has 6 heteroatoms. The molecular formula is C56H108O6. The normalized spacial score (nSPS) is 12.0. The highest BCUT2D eigenvalue weighted by atomic mass is 16.6. The standard InChI is InChI=1S/C56H108O6/c1-6-7-8-9-10-11-26-31-36-41-46-54(57)60-49-53(50-61-55(58)47-42-37-32-27-22-19-18-21-25-30-35-40-45-52(4)5)62-56(59)48-43-38-33-28-23-17-15-13-12-14-16-20-24-29-34-39-44-51(2)3/h51-53H,6-50H2,1-5H3/t53-/m0/s1. The fourth-order valence-electron chi connectivity index (χ4n) is 8.52. The largest absolute Gasteiger partial charge is 0.462 e. The van der Waals surface area contributed by atoms with Gasteiger partial charge in [0.05, 0.1) is 0 Å². The highest BCUT2D eigenvalue weighted by molar-refractivity contribution is 5.71. The van der Waals surface area contributed by atoms with Gasteiger partial charge in [-0.15, -0.1) is 0 Å². The molecule has 0 saturated heterocycles. The molecule has 0 amide bonds. The highest BCUT2D eigenvalue weighted by Crippen LogP contribution is 2.18. The second-order valence-electron chi connectivity index (χ2n) is 20.2. The average molecular weight is 877 g/mol. The number of hydrogen-bond acceptors (Lipinski definition) is 6. The molecule has 0 heterocycles. The molecule has 368 valence electrons. The summed E-state index contributed by atoms with van der Waals surface area (Å²) in [6.45, 7) is 11.4. The number of rotatable bonds is 50. The molecule has 0 fully saturated rings. The summed E-state index contributed by atoms with van der Waals surface area (Å²) in [7, 11) is 0. The summed E-state index contributed by atoms with van der Waals surface area (Å²) in [5.74, 6) is 0.842. The van der Waals surface area contributed by atoms with E-state index in [1.807, 2.05) is 0 Å². The molecule has 0 aliphatic rings. The minimum Gasteiger partial charge on any atom is -0.462 e. The van der Waals surface area contributed by atoms with Gasteiger partial charge in [0.15, 0.2) is 6.10 Å². The quantitative estimate of drug-likeness (QED) is 0.0344. The van der Waals surface area contributed by atoms with E-state index in [1.54, 1.807) is 0 Å². The van der Waals surface area contributed by atoms with Gasteiger partial charge in [0.25, 0.3) is 0 Å². The van der Waals surface area contributed by atoms with Gasteiger partial charge in [-0.1, -0.05) is 272 Å². The van der Waals surface area contributed by atoms with Crippen molar-refractivity contribution in [2.45, 2.75) is 317 Å². The highest BCUT2D eigenvalue weighted by Gasteiger charge is 2.19. The van der Waals surface area contributed by atoms with Gasteiger partial charge in [-0.25, -0.2) is 0 Å². The van der Waals surface area contributed by atoms with E-state index in [2.05, 4.69) is 34.6 Å². The maximum absolute atomic E-state index is 12.8. The van der Waals surface area contributed by atoms with Crippen molar-refractivity contribution in [1.82, 2.24) is 0 Å². The van der Waals surface area contributed by atoms with Crippen LogP contribution in [0.15, 0.2) is 0 Å². The molecule has 0 N–H and O–H groups in total. The van der Waals surface area contributed by atoms with Crippen LogP contribution in [0.25, 0.3) is 0 Å². The van der Waals surface area contributed by atoms with Crippen molar-refractivity contribution in [3.8, 4) is 0 Å². The van der Waals surface area contributed by atoms with Crippen LogP contribution in [-0.4, -0.2) is 37.2 Å². The molecule has 0 spiro atoms. The second kappa shape index (κ2) is 48.9. The lowest BCUT2D eigenvalue weighted by Crippen LogP contribution is -2.30. The predicted molar refractivity (Wildman–Crippen MR) is 266 cm³/mol. The Balaban J connectivity index is 4.25. The Kier molecular flexibility index (Phi) is 47.6. The van der Waals surface area contributed by atoms with Gasteiger partial charge in [-0.05, 0) is 31.1 Å². The molecule has 0 radical (unpaired) electrons. The van der Waals surface area contributed by atoms with E-state index in [0.717, 1.165) is 69.6 Å². The lowest BCUT2D eigenvalue weighted by atomic mass is 10.0. The van der Waals surface area contributed by atoms with Crippen LogP contribution in [0.3, 0.4) is 0 Å². The molecule has 1 atom stereocenters. The summed E-state index contributed by atoms with van der Waals surface area (Å²) < 4.78 is 16.8. The van der Waals surface area contributed by atoms with Crippen LogP contribution < -0.4 is 0 Å². The summed E-state index contributed by atoms with van der Waals surface area (Å²) >= 11 is 0. The van der Waals surface area contributed by atoms with Crippen LogP contribution in [0.5, 0.6) is 0 Å². The Hall–Kier alpha value is -1.59. The zero-order valence-corrected chi connectivity index (χ0v) is 42.5. The fourth-order valence-corrected chi connectivity index (χ4v) is 8.52. The maximum Gasteiger partial charge on any atom is 0.306 e. The SMILES string of the molecule is CCCCCCCCCCCCC(=O)OC[C@@H](COC(=O)CCCCCCCCCCCCCCC(C)C)OC(=O)CCCCCCCCCCCCCCCCCCC(C)C. The lowest BCUT2D eigenvalue weighted by Gasteiger charge is -2.18. The van der Waals surface area contributed by atoms with Gasteiger partial charge < -0.3 is 14.2 Å². The number of unbranched alkanes of at least 4 members (excludes halogenated alkanes) is 35. The Labute approximate surface area is 387 Å². The summed E-state index contributed by atoms with van der Waals surface area (Å²) in [5, 5.41) is 0. The van der Waals surface area contributed by atoms with Crippen LogP contribution in [0.2, 0.25) is 0 Å². The smallest absolute Gasteiger partial charge is 0.306 e. The van der Waals surface area contributed by atoms with Crippen molar-refractivity contribution in [2.75, 3.05) is 13.2 Å². The van der Waals surface area contributed by atoms with Crippen molar-refractivity contribution in [3.05, 3.63) is 0 Å². The zero-order valence-electron chi connectivity index (χ0n) is 42.5. The molecule has 0 bridgehead atoms. The third-order valence-electron chi connectivity index (χ3n) is 12.7. The molecule has 0 unspecified atom stereocenters. The second-order valence-corrected chi connectivity index (χ2v) is 20.2. The summed E-state index contributed by atoms with van der Waals surface area (Å²) in [6, 6.07) is 0. The molecule has 0 aliphatic carbocycles. The zero-order chi connectivity index (χ0) is 45.4. The molecule has 0 rings (SSSR count). The monoisotopic (exact) mass is 877 g/mol. The average Bonchev–Trinajstić information content (AvgIpc) is 3.24. The number of carbonyl (C=O) groups excluding carboxylic acids is 3. The first-order chi connectivity index (χ1) is 30.2. The first-order valence-electron chi connectivity index (χ1n) is 27.7. The van der Waals surface area contributed by atoms with Gasteiger partial charge in [-0.2, -0.15) is 0 Å². The summed E-state index contributed by atoms with van der Waals surface area (Å²) in [6.07, 6.45) is 50.9. The minimum atomic E-state index is -0.761. The number of ether oxygens (including phenoxy) is 3. The van der Waals surface area contributed by atoms with E-state index in [-0.39, 0.29) is 31.1 Å². The third-order valence-corrected chi connectivity index (χ3v) is 12.7. The Morgan fingerprint density at radius 3 is 0.790 bits per heavy atom. The maximum atomic E-state index is 12.8. The Bertz CT molecular complexity index is 947. The van der Waals surface area contributed by atoms with Gasteiger partial charge in [0.2, 0.25) is 0 Å². The number of carbonyl (C=O) groups is 3. The van der Waals surface area contributed by atoms with Crippen molar-refractivity contribution >= 4 is 17.9 Å². The van der Waals surface area contributed by atoms with Crippen LogP contribution in [0.4, 0.5) is 0 Å². The van der Waals surface area contributed by atoms with Gasteiger partial charge in [-0.3, -0.25) is 14.4 Å². The van der Waals surface area contributed by atoms with E-state index >= 15 is 0 Å². The predicted octanol–water partition coefficient (Wildman–Crippen LogP) is 18.1. The molecule has 0 saturated carbocycles. The van der Waals surface area contributed by atoms with Crippen molar-refractivity contribution in [3.63, 3.8) is 0 Å². The summed E-state index contributed by atoms with van der Waals surface area (Å²) in [4.78, 5) is 38.0. The molecule has 0 aromatic rings. The van der Waals surface area contributed by atoms with Crippen LogP contribution >= 0.6 is 0 Å². The van der Waals surface area contributed by atoms with Crippen LogP contribution in [0.1, 0.15) is 311 Å². The van der Waals surface area contributed by atoms with Crippen molar-refractivity contribution in [1.29, 1.82) is 0 Å². The van der Waals surface area contributed by atoms with E-state index in [9.17, 15) is 14.4 Å². The first-order valence-corrected chi connectivity index (χ1v) is 27.7. The molecule has 6 nitrogen and oxygen atoms in total.